The number of rotatable bonds is 6. The van der Waals surface area contributed by atoms with E-state index in [1.54, 1.807) is 17.7 Å². The van der Waals surface area contributed by atoms with Crippen molar-refractivity contribution in [1.29, 1.82) is 0 Å². The molecule has 2 aromatic heterocycles. The van der Waals surface area contributed by atoms with Gasteiger partial charge in [-0.05, 0) is 44.1 Å². The lowest BCUT2D eigenvalue weighted by Gasteiger charge is -2.18. The van der Waals surface area contributed by atoms with Crippen LogP contribution in [0.2, 0.25) is 0 Å². The van der Waals surface area contributed by atoms with Gasteiger partial charge in [0.05, 0.1) is 12.0 Å². The Labute approximate surface area is 140 Å². The van der Waals surface area contributed by atoms with Gasteiger partial charge in [0.1, 0.15) is 17.0 Å². The highest BCUT2D eigenvalue weighted by Gasteiger charge is 2.22. The van der Waals surface area contributed by atoms with Crippen LogP contribution in [0.15, 0.2) is 6.33 Å². The standard InChI is InChI=1S/C17H23N3O2S/c1-3-22-14(21)5-4-8-18-16-15-12-7-6-11(2)9-13(12)23-17(15)20-10-19-16/h10-11H,3-9H2,1-2H3,(H,18,19,20)/t11-/m0/s1. The Bertz CT molecular complexity index is 698. The van der Waals surface area contributed by atoms with Crippen molar-refractivity contribution in [1.82, 2.24) is 9.97 Å². The fourth-order valence-corrected chi connectivity index (χ4v) is 4.43. The number of carbonyl (C=O) groups is 1. The largest absolute Gasteiger partial charge is 0.466 e. The van der Waals surface area contributed by atoms with Crippen LogP contribution in [0.5, 0.6) is 0 Å². The molecule has 0 saturated carbocycles. The Kier molecular flexibility index (Phi) is 5.10. The summed E-state index contributed by atoms with van der Waals surface area (Å²) in [7, 11) is 0. The Morgan fingerprint density at radius 3 is 3.17 bits per heavy atom. The maximum atomic E-state index is 11.4. The molecule has 124 valence electrons. The van der Waals surface area contributed by atoms with Crippen molar-refractivity contribution < 1.29 is 9.53 Å². The summed E-state index contributed by atoms with van der Waals surface area (Å²) in [6.45, 7) is 5.30. The number of carbonyl (C=O) groups excluding carboxylic acids is 1. The van der Waals surface area contributed by atoms with Crippen LogP contribution in [0.3, 0.4) is 0 Å². The molecule has 5 nitrogen and oxygen atoms in total. The highest BCUT2D eigenvalue weighted by atomic mass is 32.1. The maximum Gasteiger partial charge on any atom is 0.305 e. The quantitative estimate of drug-likeness (QED) is 0.647. The number of esters is 1. The Balaban J connectivity index is 1.70. The molecule has 0 aromatic carbocycles. The lowest BCUT2D eigenvalue weighted by molar-refractivity contribution is -0.143. The zero-order valence-electron chi connectivity index (χ0n) is 13.7. The minimum absolute atomic E-state index is 0.135. The van der Waals surface area contributed by atoms with Crippen LogP contribution < -0.4 is 5.32 Å². The van der Waals surface area contributed by atoms with Gasteiger partial charge in [-0.2, -0.15) is 0 Å². The van der Waals surface area contributed by atoms with E-state index in [4.69, 9.17) is 4.74 Å². The highest BCUT2D eigenvalue weighted by Crippen LogP contribution is 2.39. The molecule has 0 unspecified atom stereocenters. The van der Waals surface area contributed by atoms with Gasteiger partial charge in [0.15, 0.2) is 0 Å². The van der Waals surface area contributed by atoms with Crippen LogP contribution in [-0.4, -0.2) is 29.1 Å². The van der Waals surface area contributed by atoms with Gasteiger partial charge >= 0.3 is 5.97 Å². The van der Waals surface area contributed by atoms with Crippen molar-refractivity contribution >= 4 is 33.3 Å². The molecule has 0 aliphatic heterocycles. The number of nitrogens with one attached hydrogen (secondary N) is 1. The maximum absolute atomic E-state index is 11.4. The first kappa shape index (κ1) is 16.2. The summed E-state index contributed by atoms with van der Waals surface area (Å²) in [6.07, 6.45) is 6.31. The average Bonchev–Trinajstić information content (AvgIpc) is 2.89. The predicted molar refractivity (Wildman–Crippen MR) is 93.0 cm³/mol. The SMILES string of the molecule is CCOC(=O)CCCNc1ncnc2sc3c(c12)CC[C@H](C)C3. The number of fused-ring (bicyclic) bond motifs is 3. The second-order valence-corrected chi connectivity index (χ2v) is 7.17. The Hall–Kier alpha value is -1.69. The lowest BCUT2D eigenvalue weighted by atomic mass is 9.89. The lowest BCUT2D eigenvalue weighted by Crippen LogP contribution is -2.11. The van der Waals surface area contributed by atoms with Gasteiger partial charge in [-0.15, -0.1) is 11.3 Å². The van der Waals surface area contributed by atoms with Crippen LogP contribution in [0.25, 0.3) is 10.2 Å². The van der Waals surface area contributed by atoms with Crippen LogP contribution in [0, 0.1) is 5.92 Å². The third kappa shape index (κ3) is 3.63. The molecule has 0 saturated heterocycles. The van der Waals surface area contributed by atoms with Crippen LogP contribution >= 0.6 is 11.3 Å². The second kappa shape index (κ2) is 7.25. The van der Waals surface area contributed by atoms with Crippen LogP contribution in [0.1, 0.15) is 43.6 Å². The fraction of sp³-hybridized carbons (Fsp3) is 0.588. The molecular weight excluding hydrogens is 310 g/mol. The monoisotopic (exact) mass is 333 g/mol. The molecule has 23 heavy (non-hydrogen) atoms. The fourth-order valence-electron chi connectivity index (χ4n) is 3.08. The molecule has 1 aliphatic rings. The molecule has 1 atom stereocenters. The molecule has 0 spiro atoms. The number of aryl methyl sites for hydroxylation is 1. The summed E-state index contributed by atoms with van der Waals surface area (Å²) in [6, 6.07) is 0. The third-order valence-electron chi connectivity index (χ3n) is 4.25. The van der Waals surface area contributed by atoms with E-state index in [1.807, 2.05) is 6.92 Å². The molecule has 0 amide bonds. The summed E-state index contributed by atoms with van der Waals surface area (Å²) in [4.78, 5) is 22.8. The second-order valence-electron chi connectivity index (χ2n) is 6.09. The van der Waals surface area contributed by atoms with Crippen molar-refractivity contribution in [2.75, 3.05) is 18.5 Å². The van der Waals surface area contributed by atoms with Crippen molar-refractivity contribution in [3.63, 3.8) is 0 Å². The Morgan fingerprint density at radius 2 is 2.35 bits per heavy atom. The van der Waals surface area contributed by atoms with Crippen molar-refractivity contribution in [3.05, 3.63) is 16.8 Å². The normalized spacial score (nSPS) is 17.0. The van der Waals surface area contributed by atoms with E-state index in [0.29, 0.717) is 19.6 Å². The van der Waals surface area contributed by atoms with Crippen molar-refractivity contribution in [2.24, 2.45) is 5.92 Å². The average molecular weight is 333 g/mol. The number of ether oxygens (including phenoxy) is 1. The third-order valence-corrected chi connectivity index (χ3v) is 5.41. The summed E-state index contributed by atoms with van der Waals surface area (Å²) in [5.74, 6) is 1.53. The van der Waals surface area contributed by atoms with E-state index >= 15 is 0 Å². The van der Waals surface area contributed by atoms with E-state index in [0.717, 1.165) is 35.8 Å². The van der Waals surface area contributed by atoms with Crippen molar-refractivity contribution in [2.45, 2.75) is 46.0 Å². The van der Waals surface area contributed by atoms with Gasteiger partial charge in [0.25, 0.3) is 0 Å². The molecule has 3 rings (SSSR count). The number of nitrogens with zero attached hydrogens (tertiary/aromatic N) is 2. The van der Waals surface area contributed by atoms with Crippen LogP contribution in [-0.2, 0) is 22.4 Å². The number of anilines is 1. The molecule has 2 aromatic rings. The molecule has 1 aliphatic carbocycles. The number of hydrogen-bond donors (Lipinski definition) is 1. The van der Waals surface area contributed by atoms with Gasteiger partial charge in [0, 0.05) is 17.8 Å². The van der Waals surface area contributed by atoms with Gasteiger partial charge in [-0.25, -0.2) is 9.97 Å². The molecule has 0 radical (unpaired) electrons. The molecular formula is C17H23N3O2S. The number of thiophene rings is 1. The van der Waals surface area contributed by atoms with Gasteiger partial charge in [0.2, 0.25) is 0 Å². The topological polar surface area (TPSA) is 64.1 Å². The summed E-state index contributed by atoms with van der Waals surface area (Å²) in [5.41, 5.74) is 1.43. The first-order chi connectivity index (χ1) is 11.2. The van der Waals surface area contributed by atoms with Crippen LogP contribution in [0.4, 0.5) is 5.82 Å². The van der Waals surface area contributed by atoms with Crippen molar-refractivity contribution in [3.8, 4) is 0 Å². The first-order valence-corrected chi connectivity index (χ1v) is 9.15. The summed E-state index contributed by atoms with van der Waals surface area (Å²) < 4.78 is 4.95. The van der Waals surface area contributed by atoms with Gasteiger partial charge in [-0.1, -0.05) is 6.92 Å². The number of aromatic nitrogens is 2. The first-order valence-electron chi connectivity index (χ1n) is 8.33. The molecule has 2 heterocycles. The zero-order chi connectivity index (χ0) is 16.2. The van der Waals surface area contributed by atoms with E-state index in [2.05, 4.69) is 22.2 Å². The van der Waals surface area contributed by atoms with E-state index in [9.17, 15) is 4.79 Å². The molecule has 6 heteroatoms. The molecule has 0 bridgehead atoms. The summed E-state index contributed by atoms with van der Waals surface area (Å²) in [5, 5.41) is 4.57. The van der Waals surface area contributed by atoms with Gasteiger partial charge in [-0.3, -0.25) is 4.79 Å². The summed E-state index contributed by atoms with van der Waals surface area (Å²) >= 11 is 1.80. The van der Waals surface area contributed by atoms with Gasteiger partial charge < -0.3 is 10.1 Å². The molecule has 0 fully saturated rings. The highest BCUT2D eigenvalue weighted by molar-refractivity contribution is 7.19. The minimum Gasteiger partial charge on any atom is -0.466 e. The Morgan fingerprint density at radius 1 is 1.48 bits per heavy atom. The van der Waals surface area contributed by atoms with E-state index < -0.39 is 0 Å². The van der Waals surface area contributed by atoms with E-state index in [1.165, 1.54) is 22.2 Å². The zero-order valence-corrected chi connectivity index (χ0v) is 14.5. The van der Waals surface area contributed by atoms with E-state index in [-0.39, 0.29) is 5.97 Å². The molecule has 1 N–H and O–H groups in total. The smallest absolute Gasteiger partial charge is 0.305 e. The minimum atomic E-state index is -0.135. The number of hydrogen-bond acceptors (Lipinski definition) is 6. The predicted octanol–water partition coefficient (Wildman–Crippen LogP) is 3.57.